The van der Waals surface area contributed by atoms with Crippen LogP contribution in [0.15, 0.2) is 0 Å². The van der Waals surface area contributed by atoms with E-state index in [2.05, 4.69) is 13.8 Å². The fourth-order valence-electron chi connectivity index (χ4n) is 1.23. The van der Waals surface area contributed by atoms with Crippen molar-refractivity contribution >= 4 is 12.1 Å². The number of alkyl carbamates (subject to hydrolysis) is 1. The van der Waals surface area contributed by atoms with E-state index >= 15 is 0 Å². The molecule has 0 aromatic rings. The molecule has 3 N–H and O–H groups in total. The Morgan fingerprint density at radius 1 is 1.36 bits per heavy atom. The third-order valence-electron chi connectivity index (χ3n) is 1.60. The molecule has 0 aliphatic carbocycles. The molecule has 14 heavy (non-hydrogen) atoms. The number of carbonyl (C=O) groups excluding carboxylic acids is 2. The Kier molecular flexibility index (Phi) is 5.67. The molecule has 0 rings (SSSR count). The highest BCUT2D eigenvalue weighted by atomic mass is 16.5. The predicted molar refractivity (Wildman–Crippen MR) is 52.7 cm³/mol. The summed E-state index contributed by atoms with van der Waals surface area (Å²) in [4.78, 5) is 21.1. The molecular weight excluding hydrogens is 184 g/mol. The van der Waals surface area contributed by atoms with E-state index in [-0.39, 0.29) is 5.92 Å². The minimum absolute atomic E-state index is 0.286. The summed E-state index contributed by atoms with van der Waals surface area (Å²) in [5.74, 6) is 0.849. The lowest BCUT2D eigenvalue weighted by molar-refractivity contribution is 0.127. The molecule has 5 heteroatoms. The van der Waals surface area contributed by atoms with Crippen LogP contribution in [0, 0.1) is 11.8 Å². The molecule has 0 fully saturated rings. The summed E-state index contributed by atoms with van der Waals surface area (Å²) in [6.07, 6.45) is 0.192. The average Bonchev–Trinajstić information content (AvgIpc) is 1.98. The lowest BCUT2D eigenvalue weighted by Gasteiger charge is -2.13. The van der Waals surface area contributed by atoms with Gasteiger partial charge in [0.15, 0.2) is 0 Å². The van der Waals surface area contributed by atoms with Crippen LogP contribution in [0.1, 0.15) is 27.2 Å². The van der Waals surface area contributed by atoms with E-state index in [1.807, 2.05) is 12.2 Å². The van der Waals surface area contributed by atoms with Gasteiger partial charge in [-0.3, -0.25) is 0 Å². The lowest BCUT2D eigenvalue weighted by Crippen LogP contribution is -2.36. The minimum atomic E-state index is -0.897. The lowest BCUT2D eigenvalue weighted by atomic mass is 10.00. The maximum atomic E-state index is 10.8. The first-order valence-electron chi connectivity index (χ1n) is 4.65. The number of rotatable bonds is 4. The Hall–Kier alpha value is -1.26. The number of nitrogens with two attached hydrogens (primary N) is 1. The number of imide groups is 1. The van der Waals surface area contributed by atoms with E-state index in [0.717, 1.165) is 6.42 Å². The van der Waals surface area contributed by atoms with Gasteiger partial charge < -0.3 is 10.5 Å². The zero-order chi connectivity index (χ0) is 11.1. The van der Waals surface area contributed by atoms with Crippen LogP contribution in [-0.2, 0) is 4.74 Å². The zero-order valence-corrected chi connectivity index (χ0v) is 8.87. The highest BCUT2D eigenvalue weighted by molar-refractivity contribution is 5.89. The monoisotopic (exact) mass is 202 g/mol. The normalized spacial score (nSPS) is 12.3. The SMILES string of the molecule is CC(C)CC(C)COC(=O)NC(N)=O. The van der Waals surface area contributed by atoms with E-state index in [9.17, 15) is 9.59 Å². The molecule has 5 nitrogen and oxygen atoms in total. The summed E-state index contributed by atoms with van der Waals surface area (Å²) < 4.78 is 4.76. The van der Waals surface area contributed by atoms with Gasteiger partial charge in [0.1, 0.15) is 0 Å². The molecule has 82 valence electrons. The first kappa shape index (κ1) is 12.7. The quantitative estimate of drug-likeness (QED) is 0.724. The van der Waals surface area contributed by atoms with Crippen LogP contribution >= 0.6 is 0 Å². The van der Waals surface area contributed by atoms with Crippen LogP contribution < -0.4 is 11.1 Å². The number of carbonyl (C=O) groups is 2. The largest absolute Gasteiger partial charge is 0.449 e. The van der Waals surface area contributed by atoms with E-state index in [1.165, 1.54) is 0 Å². The second kappa shape index (κ2) is 6.23. The smallest absolute Gasteiger partial charge is 0.415 e. The summed E-state index contributed by atoms with van der Waals surface area (Å²) in [5.41, 5.74) is 4.73. The fraction of sp³-hybridized carbons (Fsp3) is 0.778. The van der Waals surface area contributed by atoms with Gasteiger partial charge in [-0.05, 0) is 18.3 Å². The topological polar surface area (TPSA) is 81.4 Å². The van der Waals surface area contributed by atoms with Crippen LogP contribution in [0.3, 0.4) is 0 Å². The zero-order valence-electron chi connectivity index (χ0n) is 8.87. The molecule has 0 saturated carbocycles. The van der Waals surface area contributed by atoms with Crippen LogP contribution in [0.4, 0.5) is 9.59 Å². The van der Waals surface area contributed by atoms with E-state index < -0.39 is 12.1 Å². The third-order valence-corrected chi connectivity index (χ3v) is 1.60. The molecular formula is C9H18N2O3. The minimum Gasteiger partial charge on any atom is -0.449 e. The van der Waals surface area contributed by atoms with Gasteiger partial charge in [0.25, 0.3) is 0 Å². The fourth-order valence-corrected chi connectivity index (χ4v) is 1.23. The number of nitrogens with one attached hydrogen (secondary N) is 1. The van der Waals surface area contributed by atoms with Gasteiger partial charge in [-0.25, -0.2) is 14.9 Å². The van der Waals surface area contributed by atoms with E-state index in [1.54, 1.807) is 0 Å². The third kappa shape index (κ3) is 7.39. The van der Waals surface area contributed by atoms with Gasteiger partial charge in [-0.1, -0.05) is 20.8 Å². The van der Waals surface area contributed by atoms with Crippen molar-refractivity contribution < 1.29 is 14.3 Å². The summed E-state index contributed by atoms with van der Waals surface area (Å²) in [7, 11) is 0. The van der Waals surface area contributed by atoms with Crippen LogP contribution in [0.5, 0.6) is 0 Å². The highest BCUT2D eigenvalue weighted by Gasteiger charge is 2.09. The Balaban J connectivity index is 3.61. The van der Waals surface area contributed by atoms with Gasteiger partial charge in [0.05, 0.1) is 6.61 Å². The Morgan fingerprint density at radius 3 is 2.36 bits per heavy atom. The molecule has 0 radical (unpaired) electrons. The van der Waals surface area contributed by atoms with Crippen molar-refractivity contribution in [3.8, 4) is 0 Å². The maximum Gasteiger partial charge on any atom is 0.415 e. The second-order valence-corrected chi connectivity index (χ2v) is 3.82. The van der Waals surface area contributed by atoms with Crippen molar-refractivity contribution in [1.82, 2.24) is 5.32 Å². The number of amides is 3. The summed E-state index contributed by atoms with van der Waals surface area (Å²) >= 11 is 0. The van der Waals surface area contributed by atoms with E-state index in [0.29, 0.717) is 12.5 Å². The van der Waals surface area contributed by atoms with Crippen LogP contribution in [-0.4, -0.2) is 18.7 Å². The molecule has 3 amide bonds. The summed E-state index contributed by atoms with van der Waals surface area (Å²) in [5, 5.41) is 1.83. The second-order valence-electron chi connectivity index (χ2n) is 3.82. The van der Waals surface area contributed by atoms with Gasteiger partial charge in [0, 0.05) is 0 Å². The molecule has 0 aliphatic rings. The molecule has 0 spiro atoms. The summed E-state index contributed by atoms with van der Waals surface area (Å²) in [6, 6.07) is -0.897. The molecule has 1 atom stereocenters. The molecule has 0 saturated heterocycles. The van der Waals surface area contributed by atoms with Crippen molar-refractivity contribution in [3.05, 3.63) is 0 Å². The van der Waals surface area contributed by atoms with Gasteiger partial charge in [-0.15, -0.1) is 0 Å². The van der Waals surface area contributed by atoms with E-state index in [4.69, 9.17) is 10.5 Å². The molecule has 0 heterocycles. The van der Waals surface area contributed by atoms with Gasteiger partial charge in [-0.2, -0.15) is 0 Å². The molecule has 0 aliphatic heterocycles. The first-order chi connectivity index (χ1) is 6.41. The summed E-state index contributed by atoms with van der Waals surface area (Å²) in [6.45, 7) is 6.48. The number of primary amides is 1. The van der Waals surface area contributed by atoms with Crippen molar-refractivity contribution in [1.29, 1.82) is 0 Å². The van der Waals surface area contributed by atoms with Crippen molar-refractivity contribution in [2.45, 2.75) is 27.2 Å². The standard InChI is InChI=1S/C9H18N2O3/c1-6(2)4-7(3)5-14-9(13)11-8(10)12/h6-7H,4-5H2,1-3H3,(H3,10,11,12,13). The number of hydrogen-bond acceptors (Lipinski definition) is 3. The number of urea groups is 1. The average molecular weight is 202 g/mol. The Morgan fingerprint density at radius 2 is 1.93 bits per heavy atom. The van der Waals surface area contributed by atoms with Crippen LogP contribution in [0.25, 0.3) is 0 Å². The Bertz CT molecular complexity index is 204. The Labute approximate surface area is 84.0 Å². The van der Waals surface area contributed by atoms with Crippen molar-refractivity contribution in [2.75, 3.05) is 6.61 Å². The predicted octanol–water partition coefficient (Wildman–Crippen LogP) is 1.47. The number of hydrogen-bond donors (Lipinski definition) is 2. The number of ether oxygens (including phenoxy) is 1. The molecule has 1 unspecified atom stereocenters. The molecule has 0 aromatic carbocycles. The van der Waals surface area contributed by atoms with Gasteiger partial charge in [0.2, 0.25) is 0 Å². The first-order valence-corrected chi connectivity index (χ1v) is 4.65. The van der Waals surface area contributed by atoms with Crippen LogP contribution in [0.2, 0.25) is 0 Å². The molecule has 0 aromatic heterocycles. The molecule has 0 bridgehead atoms. The van der Waals surface area contributed by atoms with Crippen molar-refractivity contribution in [3.63, 3.8) is 0 Å². The van der Waals surface area contributed by atoms with Crippen molar-refractivity contribution in [2.24, 2.45) is 17.6 Å². The maximum absolute atomic E-state index is 10.8. The highest BCUT2D eigenvalue weighted by Crippen LogP contribution is 2.10. The van der Waals surface area contributed by atoms with Gasteiger partial charge >= 0.3 is 12.1 Å².